The van der Waals surface area contributed by atoms with Gasteiger partial charge in [0.15, 0.2) is 12.1 Å². The minimum absolute atomic E-state index is 0.0714. The van der Waals surface area contributed by atoms with E-state index in [2.05, 4.69) is 13.8 Å². The Kier molecular flexibility index (Phi) is 14.8. The lowest BCUT2D eigenvalue weighted by molar-refractivity contribution is -0.310. The summed E-state index contributed by atoms with van der Waals surface area (Å²) in [5, 5.41) is 21.2. The molecule has 0 aromatic rings. The van der Waals surface area contributed by atoms with E-state index in [4.69, 9.17) is 23.7 Å². The Morgan fingerprint density at radius 1 is 0.846 bits per heavy atom. The van der Waals surface area contributed by atoms with Crippen LogP contribution >= 0.6 is 11.8 Å². The molecule has 0 amide bonds. The Morgan fingerprint density at radius 3 is 2.10 bits per heavy atom. The Labute approximate surface area is 242 Å². The number of hydrogen-bond donors (Lipinski definition) is 2. The van der Waals surface area contributed by atoms with Crippen LogP contribution in [0.25, 0.3) is 0 Å². The van der Waals surface area contributed by atoms with Crippen molar-refractivity contribution in [1.82, 2.24) is 0 Å². The maximum atomic E-state index is 10.6. The number of thioether (sulfide) groups is 1. The molecule has 4 unspecified atom stereocenters. The van der Waals surface area contributed by atoms with Gasteiger partial charge in [-0.3, -0.25) is 0 Å². The number of aliphatic hydroxyl groups excluding tert-OH is 2. The number of rotatable bonds is 18. The Morgan fingerprint density at radius 2 is 1.46 bits per heavy atom. The van der Waals surface area contributed by atoms with Gasteiger partial charge in [-0.15, -0.1) is 11.8 Å². The van der Waals surface area contributed by atoms with Crippen LogP contribution in [0, 0.1) is 5.92 Å². The Balaban J connectivity index is 1.31. The first-order valence-electron chi connectivity index (χ1n) is 16.0. The summed E-state index contributed by atoms with van der Waals surface area (Å²) in [6.45, 7) is 10.7. The molecular weight excluding hydrogens is 516 g/mol. The van der Waals surface area contributed by atoms with Gasteiger partial charge in [0.2, 0.25) is 0 Å². The first kappa shape index (κ1) is 33.6. The van der Waals surface area contributed by atoms with Crippen molar-refractivity contribution in [1.29, 1.82) is 0 Å². The number of aliphatic hydroxyl groups is 2. The van der Waals surface area contributed by atoms with Gasteiger partial charge < -0.3 is 33.9 Å². The predicted molar refractivity (Wildman–Crippen MR) is 157 cm³/mol. The Hall–Kier alpha value is 0.0700. The minimum atomic E-state index is -0.986. The SMILES string of the molecule is CCCCCCCCCCCCCCC1OC(C)(C)O[C@H]1[C@@H](C)CCS[C@@H]1OC2COC(C)O[C@@H]2C(O)[C@H]1O. The smallest absolute Gasteiger partial charge is 0.163 e. The summed E-state index contributed by atoms with van der Waals surface area (Å²) in [6.07, 6.45) is 15.1. The first-order valence-corrected chi connectivity index (χ1v) is 17.0. The van der Waals surface area contributed by atoms with Crippen molar-refractivity contribution in [3.05, 3.63) is 0 Å². The average molecular weight is 575 g/mol. The summed E-state index contributed by atoms with van der Waals surface area (Å²) in [7, 11) is 0. The van der Waals surface area contributed by atoms with E-state index in [1.54, 1.807) is 18.7 Å². The molecule has 9 atom stereocenters. The second-order valence-corrected chi connectivity index (χ2v) is 13.7. The third kappa shape index (κ3) is 11.0. The fraction of sp³-hybridized carbons (Fsp3) is 1.00. The molecule has 0 aliphatic carbocycles. The van der Waals surface area contributed by atoms with Crippen LogP contribution in [0.5, 0.6) is 0 Å². The summed E-state index contributed by atoms with van der Waals surface area (Å²) >= 11 is 1.55. The van der Waals surface area contributed by atoms with Crippen LogP contribution in [-0.2, 0) is 23.7 Å². The van der Waals surface area contributed by atoms with E-state index in [0.29, 0.717) is 12.5 Å². The van der Waals surface area contributed by atoms with Crippen LogP contribution in [0.1, 0.15) is 125 Å². The maximum absolute atomic E-state index is 10.6. The van der Waals surface area contributed by atoms with Crippen LogP contribution in [-0.4, -0.2) is 76.7 Å². The highest BCUT2D eigenvalue weighted by Crippen LogP contribution is 2.38. The third-order valence-corrected chi connectivity index (χ3v) is 9.65. The molecule has 0 spiro atoms. The molecule has 3 rings (SSSR count). The van der Waals surface area contributed by atoms with Gasteiger partial charge in [0.1, 0.15) is 29.9 Å². The first-order chi connectivity index (χ1) is 18.7. The highest BCUT2D eigenvalue weighted by atomic mass is 32.2. The summed E-state index contributed by atoms with van der Waals surface area (Å²) < 4.78 is 29.9. The van der Waals surface area contributed by atoms with Crippen molar-refractivity contribution >= 4 is 11.8 Å². The molecular formula is C31H58O7S. The molecule has 3 heterocycles. The summed E-state index contributed by atoms with van der Waals surface area (Å²) in [5.74, 6) is 0.576. The van der Waals surface area contributed by atoms with E-state index in [0.717, 1.165) is 18.6 Å². The highest BCUT2D eigenvalue weighted by molar-refractivity contribution is 7.99. The van der Waals surface area contributed by atoms with Crippen LogP contribution < -0.4 is 0 Å². The zero-order valence-corrected chi connectivity index (χ0v) is 26.2. The predicted octanol–water partition coefficient (Wildman–Crippen LogP) is 6.57. The monoisotopic (exact) mass is 574 g/mol. The number of hydrogen-bond acceptors (Lipinski definition) is 8. The van der Waals surface area contributed by atoms with Crippen LogP contribution in [0.2, 0.25) is 0 Å². The molecule has 230 valence electrons. The fourth-order valence-electron chi connectivity index (χ4n) is 6.13. The van der Waals surface area contributed by atoms with E-state index in [9.17, 15) is 10.2 Å². The van der Waals surface area contributed by atoms with Gasteiger partial charge >= 0.3 is 0 Å². The van der Waals surface area contributed by atoms with E-state index in [1.807, 2.05) is 13.8 Å². The summed E-state index contributed by atoms with van der Waals surface area (Å²) in [5.41, 5.74) is -0.497. The molecule has 2 N–H and O–H groups in total. The van der Waals surface area contributed by atoms with Crippen molar-refractivity contribution in [3.8, 4) is 0 Å². The van der Waals surface area contributed by atoms with E-state index in [-0.39, 0.29) is 18.3 Å². The number of ether oxygens (including phenoxy) is 5. The number of fused-ring (bicyclic) bond motifs is 1. The zero-order valence-electron chi connectivity index (χ0n) is 25.4. The molecule has 0 aromatic carbocycles. The molecule has 39 heavy (non-hydrogen) atoms. The summed E-state index contributed by atoms with van der Waals surface area (Å²) in [4.78, 5) is 0. The molecule has 3 aliphatic heterocycles. The quantitative estimate of drug-likeness (QED) is 0.178. The topological polar surface area (TPSA) is 86.6 Å². The zero-order chi connectivity index (χ0) is 28.3. The lowest BCUT2D eigenvalue weighted by Crippen LogP contribution is -2.61. The molecule has 3 saturated heterocycles. The van der Waals surface area contributed by atoms with Crippen molar-refractivity contribution < 1.29 is 33.9 Å². The van der Waals surface area contributed by atoms with Gasteiger partial charge in [0.25, 0.3) is 0 Å². The standard InChI is InChI=1S/C31H58O7S/c1-6-7-8-9-10-11-12-13-14-15-16-17-18-24-28(38-31(4,5)37-24)22(2)19-20-39-30-27(33)26(32)29-25(36-30)21-34-23(3)35-29/h22-30,32-33H,6-21H2,1-5H3/t22-,23?,24?,25?,26?,27+,28-,29-,30-/m0/s1. The van der Waals surface area contributed by atoms with Crippen molar-refractivity contribution in [2.24, 2.45) is 5.92 Å². The molecule has 7 nitrogen and oxygen atoms in total. The van der Waals surface area contributed by atoms with Crippen LogP contribution in [0.4, 0.5) is 0 Å². The molecule has 0 aromatic heterocycles. The van der Waals surface area contributed by atoms with Crippen molar-refractivity contribution in [2.75, 3.05) is 12.4 Å². The minimum Gasteiger partial charge on any atom is -0.387 e. The van der Waals surface area contributed by atoms with Crippen LogP contribution in [0.3, 0.4) is 0 Å². The molecule has 3 aliphatic rings. The van der Waals surface area contributed by atoms with Gasteiger partial charge in [0, 0.05) is 0 Å². The lowest BCUT2D eigenvalue weighted by atomic mass is 9.94. The second kappa shape index (κ2) is 17.3. The molecule has 0 bridgehead atoms. The second-order valence-electron chi connectivity index (χ2n) is 12.5. The van der Waals surface area contributed by atoms with Gasteiger partial charge in [-0.2, -0.15) is 0 Å². The van der Waals surface area contributed by atoms with Crippen LogP contribution in [0.15, 0.2) is 0 Å². The fourth-order valence-corrected chi connectivity index (χ4v) is 7.45. The molecule has 8 heteroatoms. The van der Waals surface area contributed by atoms with Crippen molar-refractivity contribution in [2.45, 2.75) is 179 Å². The maximum Gasteiger partial charge on any atom is 0.163 e. The van der Waals surface area contributed by atoms with Gasteiger partial charge in [0.05, 0.1) is 18.8 Å². The lowest BCUT2D eigenvalue weighted by Gasteiger charge is -2.45. The van der Waals surface area contributed by atoms with E-state index in [1.165, 1.54) is 77.0 Å². The largest absolute Gasteiger partial charge is 0.387 e. The van der Waals surface area contributed by atoms with Crippen molar-refractivity contribution in [3.63, 3.8) is 0 Å². The number of unbranched alkanes of at least 4 members (excludes halogenated alkanes) is 11. The van der Waals surface area contributed by atoms with Gasteiger partial charge in [-0.05, 0) is 45.3 Å². The highest BCUT2D eigenvalue weighted by Gasteiger charge is 2.48. The normalized spacial score (nSPS) is 35.2. The van der Waals surface area contributed by atoms with Gasteiger partial charge in [-0.1, -0.05) is 90.9 Å². The average Bonchev–Trinajstić information content (AvgIpc) is 3.22. The van der Waals surface area contributed by atoms with E-state index >= 15 is 0 Å². The summed E-state index contributed by atoms with van der Waals surface area (Å²) in [6, 6.07) is 0. The molecule has 0 saturated carbocycles. The third-order valence-electron chi connectivity index (χ3n) is 8.46. The van der Waals surface area contributed by atoms with Gasteiger partial charge in [-0.25, -0.2) is 0 Å². The molecule has 3 fully saturated rings. The van der Waals surface area contributed by atoms with E-state index < -0.39 is 35.8 Å². The molecule has 0 radical (unpaired) electrons. The Bertz CT molecular complexity index is 663.